The van der Waals surface area contributed by atoms with Crippen molar-refractivity contribution >= 4 is 5.69 Å². The maximum absolute atomic E-state index is 5.50. The van der Waals surface area contributed by atoms with Crippen molar-refractivity contribution in [1.82, 2.24) is 19.7 Å². The zero-order chi connectivity index (χ0) is 12.9. The van der Waals surface area contributed by atoms with E-state index in [1.54, 1.807) is 23.5 Å². The van der Waals surface area contributed by atoms with Gasteiger partial charge in [0.05, 0.1) is 24.7 Å². The summed E-state index contributed by atoms with van der Waals surface area (Å²) in [7, 11) is 0. The maximum atomic E-state index is 5.50. The molecule has 0 saturated heterocycles. The fourth-order valence-electron chi connectivity index (χ4n) is 1.92. The quantitative estimate of drug-likeness (QED) is 0.904. The summed E-state index contributed by atoms with van der Waals surface area (Å²) >= 11 is 0. The summed E-state index contributed by atoms with van der Waals surface area (Å²) in [6, 6.07) is 3.88. The van der Waals surface area contributed by atoms with Gasteiger partial charge in [0, 0.05) is 0 Å². The monoisotopic (exact) mass is 257 g/mol. The summed E-state index contributed by atoms with van der Waals surface area (Å²) in [5.74, 6) is 0.750. The minimum atomic E-state index is 0.236. The molecular formula is C13H15N5O. The van der Waals surface area contributed by atoms with Crippen LogP contribution in [0.3, 0.4) is 0 Å². The zero-order valence-electron chi connectivity index (χ0n) is 10.4. The van der Waals surface area contributed by atoms with Crippen LogP contribution in [0, 0.1) is 0 Å². The summed E-state index contributed by atoms with van der Waals surface area (Å²) in [6.45, 7) is 0.786. The minimum absolute atomic E-state index is 0.236. The molecule has 0 radical (unpaired) electrons. The number of allylic oxidation sites excluding steroid dienone is 1. The highest BCUT2D eigenvalue weighted by Gasteiger charge is 2.10. The number of pyridine rings is 1. The van der Waals surface area contributed by atoms with E-state index in [2.05, 4.69) is 20.4 Å². The molecule has 3 rings (SSSR count). The van der Waals surface area contributed by atoms with Crippen molar-refractivity contribution in [3.05, 3.63) is 43.3 Å². The van der Waals surface area contributed by atoms with Gasteiger partial charge in [-0.2, -0.15) is 5.10 Å². The van der Waals surface area contributed by atoms with Crippen LogP contribution in [0.1, 0.15) is 12.8 Å². The predicted molar refractivity (Wildman–Crippen MR) is 70.9 cm³/mol. The molecule has 6 heteroatoms. The van der Waals surface area contributed by atoms with E-state index >= 15 is 0 Å². The van der Waals surface area contributed by atoms with Crippen LogP contribution in [0.15, 0.2) is 43.3 Å². The number of nitrogens with zero attached hydrogens (tertiary/aromatic N) is 4. The molecule has 2 aromatic rings. The first-order chi connectivity index (χ1) is 9.42. The first-order valence-corrected chi connectivity index (χ1v) is 6.27. The van der Waals surface area contributed by atoms with Crippen molar-refractivity contribution in [1.29, 1.82) is 0 Å². The molecule has 1 aliphatic heterocycles. The Morgan fingerprint density at radius 3 is 3.11 bits per heavy atom. The topological polar surface area (TPSA) is 64.9 Å². The third kappa shape index (κ3) is 2.90. The highest BCUT2D eigenvalue weighted by atomic mass is 16.5. The van der Waals surface area contributed by atoms with Gasteiger partial charge in [0.2, 0.25) is 0 Å². The van der Waals surface area contributed by atoms with Gasteiger partial charge in [-0.25, -0.2) is 14.6 Å². The van der Waals surface area contributed by atoms with Crippen LogP contribution in [0.5, 0.6) is 0 Å². The van der Waals surface area contributed by atoms with Gasteiger partial charge >= 0.3 is 0 Å². The summed E-state index contributed by atoms with van der Waals surface area (Å²) in [5.41, 5.74) is 0.974. The number of hydrogen-bond acceptors (Lipinski definition) is 5. The first-order valence-electron chi connectivity index (χ1n) is 6.27. The Morgan fingerprint density at radius 2 is 2.42 bits per heavy atom. The molecule has 19 heavy (non-hydrogen) atoms. The van der Waals surface area contributed by atoms with Gasteiger partial charge in [0.25, 0.3) is 0 Å². The Balaban J connectivity index is 1.58. The lowest BCUT2D eigenvalue weighted by Crippen LogP contribution is -2.23. The molecule has 0 bridgehead atoms. The van der Waals surface area contributed by atoms with Crippen molar-refractivity contribution in [3.63, 3.8) is 0 Å². The highest BCUT2D eigenvalue weighted by molar-refractivity contribution is 5.43. The lowest BCUT2D eigenvalue weighted by Gasteiger charge is -2.20. The van der Waals surface area contributed by atoms with E-state index in [4.69, 9.17) is 4.74 Å². The largest absolute Gasteiger partial charge is 0.497 e. The van der Waals surface area contributed by atoms with Gasteiger partial charge in [-0.05, 0) is 31.1 Å². The molecule has 3 heterocycles. The number of rotatable bonds is 4. The van der Waals surface area contributed by atoms with Crippen molar-refractivity contribution in [2.75, 3.05) is 11.9 Å². The number of hydrogen-bond donors (Lipinski definition) is 1. The predicted octanol–water partition coefficient (Wildman–Crippen LogP) is 1.77. The Hall–Kier alpha value is -2.37. The minimum Gasteiger partial charge on any atom is -0.497 e. The zero-order valence-corrected chi connectivity index (χ0v) is 10.4. The van der Waals surface area contributed by atoms with Crippen LogP contribution < -0.4 is 5.32 Å². The molecule has 2 aromatic heterocycles. The van der Waals surface area contributed by atoms with Gasteiger partial charge in [-0.3, -0.25) is 0 Å². The van der Waals surface area contributed by atoms with Crippen molar-refractivity contribution in [2.45, 2.75) is 18.9 Å². The van der Waals surface area contributed by atoms with E-state index in [1.807, 2.05) is 18.2 Å². The molecule has 0 aliphatic carbocycles. The van der Waals surface area contributed by atoms with E-state index in [0.29, 0.717) is 0 Å². The van der Waals surface area contributed by atoms with Crippen molar-refractivity contribution in [2.24, 2.45) is 0 Å². The lowest BCUT2D eigenvalue weighted by atomic mass is 10.1. The first kappa shape index (κ1) is 11.7. The van der Waals surface area contributed by atoms with Crippen LogP contribution in [0.4, 0.5) is 5.69 Å². The lowest BCUT2D eigenvalue weighted by molar-refractivity contribution is 0.135. The number of anilines is 1. The molecule has 0 spiro atoms. The van der Waals surface area contributed by atoms with Crippen molar-refractivity contribution in [3.8, 4) is 5.82 Å². The maximum Gasteiger partial charge on any atom is 0.155 e. The average Bonchev–Trinajstić information content (AvgIpc) is 3.01. The van der Waals surface area contributed by atoms with Crippen molar-refractivity contribution < 1.29 is 4.74 Å². The summed E-state index contributed by atoms with van der Waals surface area (Å²) in [4.78, 5) is 8.22. The Kier molecular flexibility index (Phi) is 3.40. The van der Waals surface area contributed by atoms with E-state index in [9.17, 15) is 0 Å². The summed E-state index contributed by atoms with van der Waals surface area (Å²) in [5, 5.41) is 7.35. The van der Waals surface area contributed by atoms with E-state index in [0.717, 1.165) is 30.9 Å². The molecule has 1 aliphatic rings. The van der Waals surface area contributed by atoms with Gasteiger partial charge in [0.1, 0.15) is 18.8 Å². The fraction of sp³-hybridized carbons (Fsp3) is 0.308. The molecule has 6 nitrogen and oxygen atoms in total. The second-order valence-corrected chi connectivity index (χ2v) is 4.33. The number of ether oxygens (including phenoxy) is 1. The second-order valence-electron chi connectivity index (χ2n) is 4.33. The van der Waals surface area contributed by atoms with Gasteiger partial charge in [-0.15, -0.1) is 0 Å². The normalized spacial score (nSPS) is 18.0. The number of aromatic nitrogens is 4. The van der Waals surface area contributed by atoms with Gasteiger partial charge < -0.3 is 10.1 Å². The average molecular weight is 257 g/mol. The third-order valence-corrected chi connectivity index (χ3v) is 2.96. The van der Waals surface area contributed by atoms with E-state index < -0.39 is 0 Å². The third-order valence-electron chi connectivity index (χ3n) is 2.96. The van der Waals surface area contributed by atoms with Crippen LogP contribution in [0.25, 0.3) is 5.82 Å². The van der Waals surface area contributed by atoms with E-state index in [-0.39, 0.29) is 6.10 Å². The van der Waals surface area contributed by atoms with Crippen LogP contribution >= 0.6 is 0 Å². The molecule has 0 saturated carbocycles. The Labute approximate surface area is 111 Å². The Morgan fingerprint density at radius 1 is 1.42 bits per heavy atom. The van der Waals surface area contributed by atoms with Crippen LogP contribution in [0.2, 0.25) is 0 Å². The summed E-state index contributed by atoms with van der Waals surface area (Å²) < 4.78 is 7.12. The molecule has 0 fully saturated rings. The highest BCUT2D eigenvalue weighted by Crippen LogP contribution is 2.13. The van der Waals surface area contributed by atoms with E-state index in [1.165, 1.54) is 6.33 Å². The van der Waals surface area contributed by atoms with Gasteiger partial charge in [-0.1, -0.05) is 0 Å². The standard InChI is InChI=1S/C13H15N5O/c1-2-6-19-12(3-1)8-15-11-4-5-13(16-7-11)18-10-14-9-17-18/h2,4-7,9-10,12,15H,1,3,8H2. The molecule has 1 N–H and O–H groups in total. The fourth-order valence-corrected chi connectivity index (χ4v) is 1.92. The molecular weight excluding hydrogens is 242 g/mol. The number of nitrogens with one attached hydrogen (secondary N) is 1. The molecule has 0 aromatic carbocycles. The molecule has 1 unspecified atom stereocenters. The Bertz CT molecular complexity index is 535. The van der Waals surface area contributed by atoms with Crippen LogP contribution in [-0.2, 0) is 4.74 Å². The second kappa shape index (κ2) is 5.51. The van der Waals surface area contributed by atoms with Crippen LogP contribution in [-0.4, -0.2) is 32.4 Å². The summed E-state index contributed by atoms with van der Waals surface area (Å²) in [6.07, 6.45) is 11.1. The van der Waals surface area contributed by atoms with Gasteiger partial charge in [0.15, 0.2) is 5.82 Å². The molecule has 98 valence electrons. The molecule has 1 atom stereocenters. The smallest absolute Gasteiger partial charge is 0.155 e. The SMILES string of the molecule is C1=COC(CNc2ccc(-n3cncn3)nc2)CC1. The molecule has 0 amide bonds.